The first-order valence-electron chi connectivity index (χ1n) is 10.0. The van der Waals surface area contributed by atoms with E-state index in [-0.39, 0.29) is 30.3 Å². The predicted octanol–water partition coefficient (Wildman–Crippen LogP) is 3.59. The molecule has 0 bridgehead atoms. The molecule has 1 aliphatic carbocycles. The minimum absolute atomic E-state index is 0.0488. The van der Waals surface area contributed by atoms with Gasteiger partial charge in [0.2, 0.25) is 11.8 Å². The third kappa shape index (κ3) is 6.65. The molecule has 5 nitrogen and oxygen atoms in total. The molecular weight excluding hydrogens is 338 g/mol. The summed E-state index contributed by atoms with van der Waals surface area (Å²) in [7, 11) is 1.68. The van der Waals surface area contributed by atoms with Crippen molar-refractivity contribution in [2.45, 2.75) is 59.4 Å². The summed E-state index contributed by atoms with van der Waals surface area (Å²) in [6, 6.07) is 8.00. The monoisotopic (exact) mass is 373 g/mol. The van der Waals surface area contributed by atoms with Crippen molar-refractivity contribution in [3.8, 4) is 0 Å². The summed E-state index contributed by atoms with van der Waals surface area (Å²) < 4.78 is 0. The van der Waals surface area contributed by atoms with Gasteiger partial charge in [-0.25, -0.2) is 0 Å². The molecule has 1 aromatic rings. The summed E-state index contributed by atoms with van der Waals surface area (Å²) >= 11 is 0. The van der Waals surface area contributed by atoms with Crippen LogP contribution in [0.2, 0.25) is 0 Å². The molecule has 1 saturated carbocycles. The zero-order valence-electron chi connectivity index (χ0n) is 17.5. The molecule has 1 fully saturated rings. The molecule has 0 aromatic heterocycles. The van der Waals surface area contributed by atoms with E-state index in [0.717, 1.165) is 17.7 Å². The normalized spacial score (nSPS) is 20.2. The van der Waals surface area contributed by atoms with E-state index in [9.17, 15) is 9.59 Å². The summed E-state index contributed by atoms with van der Waals surface area (Å²) in [5.74, 6) is 0.349. The minimum atomic E-state index is -0.181. The van der Waals surface area contributed by atoms with Gasteiger partial charge in [0.15, 0.2) is 0 Å². The summed E-state index contributed by atoms with van der Waals surface area (Å²) in [5, 5.41) is 6.30. The number of nitrogens with one attached hydrogen (secondary N) is 2. The van der Waals surface area contributed by atoms with E-state index in [4.69, 9.17) is 0 Å². The highest BCUT2D eigenvalue weighted by Gasteiger charge is 2.34. The maximum Gasteiger partial charge on any atom is 0.243 e. The lowest BCUT2D eigenvalue weighted by Crippen LogP contribution is -2.48. The van der Waals surface area contributed by atoms with E-state index in [1.165, 1.54) is 24.2 Å². The second-order valence-corrected chi connectivity index (χ2v) is 8.91. The molecule has 2 amide bonds. The number of benzene rings is 1. The number of amides is 2. The van der Waals surface area contributed by atoms with Gasteiger partial charge in [-0.3, -0.25) is 9.59 Å². The van der Waals surface area contributed by atoms with Crippen molar-refractivity contribution in [1.29, 1.82) is 0 Å². The Morgan fingerprint density at radius 3 is 2.37 bits per heavy atom. The van der Waals surface area contributed by atoms with Crippen molar-refractivity contribution >= 4 is 17.5 Å². The third-order valence-corrected chi connectivity index (χ3v) is 5.54. The molecule has 2 N–H and O–H groups in total. The Morgan fingerprint density at radius 1 is 1.11 bits per heavy atom. The summed E-state index contributed by atoms with van der Waals surface area (Å²) in [4.78, 5) is 26.1. The molecule has 1 aromatic carbocycles. The molecule has 150 valence electrons. The van der Waals surface area contributed by atoms with Crippen LogP contribution in [0.4, 0.5) is 5.69 Å². The fourth-order valence-electron chi connectivity index (χ4n) is 3.91. The standard InChI is InChI=1S/C22H35N3O2/c1-16-10-12-17(13-11-16)24-20(26)15-25(5)21(27)14-23-19-9-7-6-8-18(19)22(2,3)4/h10-13,18-19,23H,6-9,14-15H2,1-5H3,(H,24,26). The number of likely N-dealkylation sites (N-methyl/N-ethyl adjacent to an activating group) is 1. The zero-order chi connectivity index (χ0) is 20.0. The predicted molar refractivity (Wildman–Crippen MR) is 111 cm³/mol. The summed E-state index contributed by atoms with van der Waals surface area (Å²) in [5.41, 5.74) is 2.13. The fourth-order valence-corrected chi connectivity index (χ4v) is 3.91. The molecule has 2 rings (SSSR count). The first kappa shape index (κ1) is 21.4. The molecule has 0 heterocycles. The highest BCUT2D eigenvalue weighted by molar-refractivity contribution is 5.94. The molecular formula is C22H35N3O2. The Labute approximate surface area is 163 Å². The number of carbonyl (C=O) groups is 2. The van der Waals surface area contributed by atoms with Gasteiger partial charge in [0.25, 0.3) is 0 Å². The lowest BCUT2D eigenvalue weighted by Gasteiger charge is -2.41. The van der Waals surface area contributed by atoms with Crippen LogP contribution < -0.4 is 10.6 Å². The van der Waals surface area contributed by atoms with Crippen molar-refractivity contribution in [3.63, 3.8) is 0 Å². The van der Waals surface area contributed by atoms with Crippen LogP contribution in [0.25, 0.3) is 0 Å². The molecule has 1 aliphatic rings. The second-order valence-electron chi connectivity index (χ2n) is 8.91. The Morgan fingerprint density at radius 2 is 1.74 bits per heavy atom. The quantitative estimate of drug-likeness (QED) is 0.801. The van der Waals surface area contributed by atoms with Crippen LogP contribution >= 0.6 is 0 Å². The Balaban J connectivity index is 1.80. The number of hydrogen-bond donors (Lipinski definition) is 2. The first-order valence-corrected chi connectivity index (χ1v) is 10.0. The number of nitrogens with zero attached hydrogens (tertiary/aromatic N) is 1. The van der Waals surface area contributed by atoms with E-state index in [1.54, 1.807) is 7.05 Å². The Hall–Kier alpha value is -1.88. The number of hydrogen-bond acceptors (Lipinski definition) is 3. The van der Waals surface area contributed by atoms with Gasteiger partial charge in [-0.05, 0) is 43.2 Å². The molecule has 0 spiro atoms. The Bertz CT molecular complexity index is 634. The zero-order valence-corrected chi connectivity index (χ0v) is 17.5. The van der Waals surface area contributed by atoms with E-state index < -0.39 is 0 Å². The van der Waals surface area contributed by atoms with Crippen LogP contribution in [-0.4, -0.2) is 42.9 Å². The highest BCUT2D eigenvalue weighted by Crippen LogP contribution is 2.37. The average molecular weight is 374 g/mol. The van der Waals surface area contributed by atoms with Crippen molar-refractivity contribution in [2.75, 3.05) is 25.5 Å². The third-order valence-electron chi connectivity index (χ3n) is 5.54. The van der Waals surface area contributed by atoms with Crippen molar-refractivity contribution < 1.29 is 9.59 Å². The van der Waals surface area contributed by atoms with Crippen molar-refractivity contribution in [3.05, 3.63) is 29.8 Å². The van der Waals surface area contributed by atoms with Crippen LogP contribution in [-0.2, 0) is 9.59 Å². The SMILES string of the molecule is Cc1ccc(NC(=O)CN(C)C(=O)CNC2CCCCC2C(C)(C)C)cc1. The maximum atomic E-state index is 12.5. The molecule has 0 radical (unpaired) electrons. The van der Waals surface area contributed by atoms with E-state index in [1.807, 2.05) is 31.2 Å². The van der Waals surface area contributed by atoms with Gasteiger partial charge in [-0.15, -0.1) is 0 Å². The van der Waals surface area contributed by atoms with Crippen molar-refractivity contribution in [1.82, 2.24) is 10.2 Å². The van der Waals surface area contributed by atoms with Crippen LogP contribution in [0.15, 0.2) is 24.3 Å². The Kier molecular flexibility index (Phi) is 7.42. The van der Waals surface area contributed by atoms with Gasteiger partial charge in [-0.1, -0.05) is 51.3 Å². The highest BCUT2D eigenvalue weighted by atomic mass is 16.2. The molecule has 5 heteroatoms. The number of carbonyl (C=O) groups excluding carboxylic acids is 2. The van der Waals surface area contributed by atoms with Crippen LogP contribution in [0.1, 0.15) is 52.0 Å². The fraction of sp³-hybridized carbons (Fsp3) is 0.636. The smallest absolute Gasteiger partial charge is 0.243 e. The lowest BCUT2D eigenvalue weighted by molar-refractivity contribution is -0.132. The molecule has 0 aliphatic heterocycles. The number of anilines is 1. The van der Waals surface area contributed by atoms with Crippen LogP contribution in [0, 0.1) is 18.3 Å². The van der Waals surface area contributed by atoms with Gasteiger partial charge in [0.1, 0.15) is 0 Å². The molecule has 27 heavy (non-hydrogen) atoms. The maximum absolute atomic E-state index is 12.5. The van der Waals surface area contributed by atoms with E-state index in [2.05, 4.69) is 31.4 Å². The van der Waals surface area contributed by atoms with Crippen molar-refractivity contribution in [2.24, 2.45) is 11.3 Å². The summed E-state index contributed by atoms with van der Waals surface area (Å²) in [6.45, 7) is 9.18. The van der Waals surface area contributed by atoms with Gasteiger partial charge < -0.3 is 15.5 Å². The number of rotatable bonds is 6. The first-order chi connectivity index (χ1) is 12.7. The van der Waals surface area contributed by atoms with E-state index >= 15 is 0 Å². The number of aryl methyl sites for hydroxylation is 1. The van der Waals surface area contributed by atoms with Crippen LogP contribution in [0.3, 0.4) is 0 Å². The molecule has 2 unspecified atom stereocenters. The van der Waals surface area contributed by atoms with Gasteiger partial charge in [0, 0.05) is 18.8 Å². The van der Waals surface area contributed by atoms with Crippen LogP contribution in [0.5, 0.6) is 0 Å². The van der Waals surface area contributed by atoms with Gasteiger partial charge >= 0.3 is 0 Å². The van der Waals surface area contributed by atoms with E-state index in [0.29, 0.717) is 12.0 Å². The lowest BCUT2D eigenvalue weighted by atomic mass is 9.69. The summed E-state index contributed by atoms with van der Waals surface area (Å²) in [6.07, 6.45) is 4.82. The van der Waals surface area contributed by atoms with Gasteiger partial charge in [-0.2, -0.15) is 0 Å². The second kappa shape index (κ2) is 9.36. The molecule has 0 saturated heterocycles. The molecule has 2 atom stereocenters. The average Bonchev–Trinajstić information content (AvgIpc) is 2.61. The largest absolute Gasteiger partial charge is 0.335 e. The van der Waals surface area contributed by atoms with Gasteiger partial charge in [0.05, 0.1) is 13.1 Å². The minimum Gasteiger partial charge on any atom is -0.335 e. The topological polar surface area (TPSA) is 61.4 Å².